The van der Waals surface area contributed by atoms with E-state index in [0.717, 1.165) is 0 Å². The summed E-state index contributed by atoms with van der Waals surface area (Å²) in [6, 6.07) is 9.11. The Bertz CT molecular complexity index is 626. The second kappa shape index (κ2) is 5.83. The maximum atomic E-state index is 11.4. The molecule has 2 aromatic rings. The third-order valence-electron chi connectivity index (χ3n) is 2.67. The Morgan fingerprint density at radius 2 is 2.26 bits per heavy atom. The second-order valence-corrected chi connectivity index (χ2v) is 3.96. The summed E-state index contributed by atoms with van der Waals surface area (Å²) in [6.07, 6.45) is 3.29. The van der Waals surface area contributed by atoms with Crippen molar-refractivity contribution >= 4 is 5.78 Å². The fourth-order valence-corrected chi connectivity index (χ4v) is 1.74. The fraction of sp³-hybridized carbons (Fsp3) is 0.214. The Hall–Kier alpha value is -2.61. The molecule has 5 nitrogen and oxygen atoms in total. The van der Waals surface area contributed by atoms with E-state index in [2.05, 4.69) is 4.98 Å². The minimum absolute atomic E-state index is 0.0315. The summed E-state index contributed by atoms with van der Waals surface area (Å²) in [7, 11) is 0. The number of nitriles is 1. The fourth-order valence-electron chi connectivity index (χ4n) is 1.74. The zero-order valence-electron chi connectivity index (χ0n) is 10.5. The average molecular weight is 255 g/mol. The van der Waals surface area contributed by atoms with Crippen molar-refractivity contribution in [3.8, 4) is 11.8 Å². The van der Waals surface area contributed by atoms with Gasteiger partial charge in [0.15, 0.2) is 5.78 Å². The van der Waals surface area contributed by atoms with Crippen LogP contribution in [0.5, 0.6) is 5.75 Å². The van der Waals surface area contributed by atoms with Gasteiger partial charge in [-0.3, -0.25) is 4.79 Å². The molecular formula is C14H13N3O2. The monoisotopic (exact) mass is 255 g/mol. The molecule has 0 aliphatic rings. The van der Waals surface area contributed by atoms with Gasteiger partial charge in [0.1, 0.15) is 18.4 Å². The van der Waals surface area contributed by atoms with Gasteiger partial charge in [0, 0.05) is 12.4 Å². The van der Waals surface area contributed by atoms with Crippen LogP contribution in [0.1, 0.15) is 23.1 Å². The van der Waals surface area contributed by atoms with Gasteiger partial charge >= 0.3 is 0 Å². The molecule has 0 amide bonds. The molecule has 0 saturated carbocycles. The van der Waals surface area contributed by atoms with Gasteiger partial charge in [-0.05, 0) is 19.1 Å². The normalized spacial score (nSPS) is 9.89. The van der Waals surface area contributed by atoms with Crippen LogP contribution >= 0.6 is 0 Å². The smallest absolute Gasteiger partial charge is 0.212 e. The molecule has 0 spiro atoms. The van der Waals surface area contributed by atoms with E-state index in [1.807, 2.05) is 12.1 Å². The number of carbonyl (C=O) groups is 1. The lowest BCUT2D eigenvalue weighted by Gasteiger charge is -2.10. The molecule has 0 N–H and O–H groups in total. The molecule has 0 unspecified atom stereocenters. The highest BCUT2D eigenvalue weighted by molar-refractivity contribution is 5.96. The average Bonchev–Trinajstić information content (AvgIpc) is 2.86. The van der Waals surface area contributed by atoms with Crippen molar-refractivity contribution in [1.29, 1.82) is 5.26 Å². The number of nitrogens with zero attached hydrogens (tertiary/aromatic N) is 3. The largest absolute Gasteiger partial charge is 0.491 e. The number of carbonyl (C=O) groups excluding carboxylic acids is 1. The predicted molar refractivity (Wildman–Crippen MR) is 68.9 cm³/mol. The van der Waals surface area contributed by atoms with Gasteiger partial charge in [-0.2, -0.15) is 5.26 Å². The topological polar surface area (TPSA) is 67.9 Å². The molecule has 0 atom stereocenters. The van der Waals surface area contributed by atoms with Crippen molar-refractivity contribution < 1.29 is 9.53 Å². The van der Waals surface area contributed by atoms with Gasteiger partial charge in [-0.1, -0.05) is 12.1 Å². The summed E-state index contributed by atoms with van der Waals surface area (Å²) in [5.41, 5.74) is 0.564. The minimum Gasteiger partial charge on any atom is -0.491 e. The molecule has 2 rings (SSSR count). The second-order valence-electron chi connectivity index (χ2n) is 3.96. The number of rotatable bonds is 5. The lowest BCUT2D eigenvalue weighted by atomic mass is 10.1. The predicted octanol–water partition coefficient (Wildman–Crippen LogP) is 2.04. The number of ketones is 1. The molecule has 0 aliphatic carbocycles. The first-order chi connectivity index (χ1) is 9.22. The standard InChI is InChI=1S/C14H13N3O2/c1-11(18)12-4-2-3-5-13(12)19-9-8-17-7-6-16-14(17)10-15/h2-7H,8-9H2,1H3. The van der Waals surface area contributed by atoms with Crippen LogP contribution in [0.2, 0.25) is 0 Å². The van der Waals surface area contributed by atoms with Crippen LogP contribution in [0, 0.1) is 11.3 Å². The van der Waals surface area contributed by atoms with E-state index in [1.54, 1.807) is 35.2 Å². The van der Waals surface area contributed by atoms with Crippen molar-refractivity contribution in [2.24, 2.45) is 0 Å². The Labute approximate surface area is 111 Å². The number of hydrogen-bond acceptors (Lipinski definition) is 4. The molecular weight excluding hydrogens is 242 g/mol. The van der Waals surface area contributed by atoms with Gasteiger partial charge in [-0.25, -0.2) is 4.98 Å². The SMILES string of the molecule is CC(=O)c1ccccc1OCCn1ccnc1C#N. The van der Waals surface area contributed by atoms with Crippen LogP contribution in [0.15, 0.2) is 36.7 Å². The maximum absolute atomic E-state index is 11.4. The molecule has 1 aromatic carbocycles. The number of para-hydroxylation sites is 1. The summed E-state index contributed by atoms with van der Waals surface area (Å²) in [5, 5.41) is 8.82. The molecule has 1 aromatic heterocycles. The van der Waals surface area contributed by atoms with E-state index in [1.165, 1.54) is 6.92 Å². The quantitative estimate of drug-likeness (QED) is 0.767. The van der Waals surface area contributed by atoms with E-state index in [4.69, 9.17) is 10.00 Å². The van der Waals surface area contributed by atoms with Gasteiger partial charge in [0.05, 0.1) is 12.1 Å². The van der Waals surface area contributed by atoms with Crippen LogP contribution in [0.4, 0.5) is 0 Å². The van der Waals surface area contributed by atoms with Crippen molar-refractivity contribution in [3.63, 3.8) is 0 Å². The molecule has 96 valence electrons. The molecule has 0 saturated heterocycles. The first-order valence-corrected chi connectivity index (χ1v) is 5.86. The van der Waals surface area contributed by atoms with Crippen molar-refractivity contribution in [1.82, 2.24) is 9.55 Å². The summed E-state index contributed by atoms with van der Waals surface area (Å²) < 4.78 is 7.30. The highest BCUT2D eigenvalue weighted by atomic mass is 16.5. The van der Waals surface area contributed by atoms with Gasteiger partial charge in [0.25, 0.3) is 0 Å². The van der Waals surface area contributed by atoms with Crippen LogP contribution in [-0.2, 0) is 6.54 Å². The Kier molecular flexibility index (Phi) is 3.94. The molecule has 19 heavy (non-hydrogen) atoms. The Balaban J connectivity index is 2.01. The van der Waals surface area contributed by atoms with E-state index in [0.29, 0.717) is 30.3 Å². The first kappa shape index (κ1) is 12.8. The number of Topliss-reactive ketones (excluding diaryl/α,β-unsaturated/α-hetero) is 1. The Morgan fingerprint density at radius 3 is 3.00 bits per heavy atom. The van der Waals surface area contributed by atoms with Gasteiger partial charge in [0.2, 0.25) is 5.82 Å². The van der Waals surface area contributed by atoms with E-state index >= 15 is 0 Å². The maximum Gasteiger partial charge on any atom is 0.212 e. The zero-order chi connectivity index (χ0) is 13.7. The molecule has 0 aliphatic heterocycles. The third kappa shape index (κ3) is 2.99. The molecule has 0 radical (unpaired) electrons. The van der Waals surface area contributed by atoms with Crippen LogP contribution in [0.3, 0.4) is 0 Å². The number of ether oxygens (including phenoxy) is 1. The molecule has 0 fully saturated rings. The zero-order valence-corrected chi connectivity index (χ0v) is 10.5. The lowest BCUT2D eigenvalue weighted by molar-refractivity contribution is 0.101. The first-order valence-electron chi connectivity index (χ1n) is 5.86. The number of aromatic nitrogens is 2. The highest BCUT2D eigenvalue weighted by Crippen LogP contribution is 2.18. The van der Waals surface area contributed by atoms with Crippen molar-refractivity contribution in [2.75, 3.05) is 6.61 Å². The minimum atomic E-state index is -0.0315. The summed E-state index contributed by atoms with van der Waals surface area (Å²) in [4.78, 5) is 15.3. The molecule has 1 heterocycles. The van der Waals surface area contributed by atoms with Gasteiger partial charge < -0.3 is 9.30 Å². The van der Waals surface area contributed by atoms with E-state index < -0.39 is 0 Å². The van der Waals surface area contributed by atoms with Crippen molar-refractivity contribution in [2.45, 2.75) is 13.5 Å². The number of imidazole rings is 1. The van der Waals surface area contributed by atoms with Gasteiger partial charge in [-0.15, -0.1) is 0 Å². The van der Waals surface area contributed by atoms with Crippen molar-refractivity contribution in [3.05, 3.63) is 48.0 Å². The highest BCUT2D eigenvalue weighted by Gasteiger charge is 2.07. The van der Waals surface area contributed by atoms with Crippen LogP contribution in [-0.4, -0.2) is 21.9 Å². The summed E-state index contributed by atoms with van der Waals surface area (Å²) >= 11 is 0. The lowest BCUT2D eigenvalue weighted by Crippen LogP contribution is -2.10. The van der Waals surface area contributed by atoms with Crippen LogP contribution < -0.4 is 4.74 Å². The number of benzene rings is 1. The molecule has 0 bridgehead atoms. The Morgan fingerprint density at radius 1 is 1.47 bits per heavy atom. The van der Waals surface area contributed by atoms with E-state index in [-0.39, 0.29) is 5.78 Å². The van der Waals surface area contributed by atoms with Crippen LogP contribution in [0.25, 0.3) is 0 Å². The molecule has 5 heteroatoms. The summed E-state index contributed by atoms with van der Waals surface area (Å²) in [5.74, 6) is 0.882. The van der Waals surface area contributed by atoms with E-state index in [9.17, 15) is 4.79 Å². The summed E-state index contributed by atoms with van der Waals surface area (Å²) in [6.45, 7) is 2.39. The third-order valence-corrected chi connectivity index (χ3v) is 2.67. The number of hydrogen-bond donors (Lipinski definition) is 0.